The summed E-state index contributed by atoms with van der Waals surface area (Å²) in [6.45, 7) is 4.44. The molecule has 1 aromatic carbocycles. The molecule has 0 saturated heterocycles. The molecular weight excluding hydrogens is 224 g/mol. The molecule has 0 aliphatic heterocycles. The summed E-state index contributed by atoms with van der Waals surface area (Å²) >= 11 is 0. The van der Waals surface area contributed by atoms with Gasteiger partial charge >= 0.3 is 0 Å². The molecule has 0 amide bonds. The van der Waals surface area contributed by atoms with Crippen LogP contribution in [0.2, 0.25) is 0 Å². The van der Waals surface area contributed by atoms with Crippen molar-refractivity contribution in [3.05, 3.63) is 42.5 Å². The molecule has 4 nitrogen and oxygen atoms in total. The van der Waals surface area contributed by atoms with Crippen LogP contribution in [0, 0.1) is 5.92 Å². The predicted octanol–water partition coefficient (Wildman–Crippen LogP) is 2.89. The van der Waals surface area contributed by atoms with Crippen molar-refractivity contribution in [1.82, 2.24) is 14.8 Å². The van der Waals surface area contributed by atoms with Crippen LogP contribution in [0.1, 0.15) is 38.3 Å². The van der Waals surface area contributed by atoms with Crippen molar-refractivity contribution in [3.63, 3.8) is 0 Å². The van der Waals surface area contributed by atoms with Crippen LogP contribution in [-0.4, -0.2) is 14.8 Å². The van der Waals surface area contributed by atoms with Crippen LogP contribution in [0.25, 0.3) is 0 Å². The predicted molar refractivity (Wildman–Crippen MR) is 73.1 cm³/mol. The van der Waals surface area contributed by atoms with Crippen LogP contribution in [0.3, 0.4) is 0 Å². The first-order chi connectivity index (χ1) is 8.76. The molecule has 96 valence electrons. The fraction of sp³-hybridized carbons (Fsp3) is 0.429. The van der Waals surface area contributed by atoms with E-state index in [0.717, 1.165) is 18.5 Å². The van der Waals surface area contributed by atoms with Gasteiger partial charge in [0.2, 0.25) is 0 Å². The number of hydrogen-bond acceptors (Lipinski definition) is 3. The Labute approximate surface area is 108 Å². The fourth-order valence-corrected chi connectivity index (χ4v) is 2.43. The van der Waals surface area contributed by atoms with E-state index in [2.05, 4.69) is 36.1 Å². The second-order valence-electron chi connectivity index (χ2n) is 4.56. The molecule has 0 aliphatic rings. The molecule has 1 heterocycles. The number of benzene rings is 1. The number of hydrogen-bond donors (Lipinski definition) is 1. The van der Waals surface area contributed by atoms with E-state index in [1.807, 2.05) is 16.8 Å². The molecular formula is C14H20N4. The smallest absolute Gasteiger partial charge is 0.137 e. The van der Waals surface area contributed by atoms with Gasteiger partial charge in [0.15, 0.2) is 0 Å². The molecule has 1 aromatic heterocycles. The average molecular weight is 244 g/mol. The third kappa shape index (κ3) is 2.53. The maximum absolute atomic E-state index is 5.75. The molecule has 0 radical (unpaired) electrons. The minimum absolute atomic E-state index is 0.239. The van der Waals surface area contributed by atoms with Crippen LogP contribution in [-0.2, 0) is 0 Å². The SMILES string of the molecule is CCC(CC)C(c1ccc(N)cc1)n1cncn1. The molecule has 0 saturated carbocycles. The zero-order valence-electron chi connectivity index (χ0n) is 11.0. The van der Waals surface area contributed by atoms with Crippen LogP contribution in [0.4, 0.5) is 5.69 Å². The van der Waals surface area contributed by atoms with Crippen molar-refractivity contribution >= 4 is 5.69 Å². The summed E-state index contributed by atoms with van der Waals surface area (Å²) in [5.74, 6) is 0.551. The second-order valence-corrected chi connectivity index (χ2v) is 4.56. The van der Waals surface area contributed by atoms with Crippen molar-refractivity contribution in [2.75, 3.05) is 5.73 Å². The molecule has 0 fully saturated rings. The minimum atomic E-state index is 0.239. The van der Waals surface area contributed by atoms with Gasteiger partial charge in [-0.1, -0.05) is 38.8 Å². The normalized spacial score (nSPS) is 12.8. The van der Waals surface area contributed by atoms with Crippen LogP contribution in [0.5, 0.6) is 0 Å². The van der Waals surface area contributed by atoms with Gasteiger partial charge in [0, 0.05) is 5.69 Å². The van der Waals surface area contributed by atoms with Crippen molar-refractivity contribution < 1.29 is 0 Å². The Hall–Kier alpha value is -1.84. The van der Waals surface area contributed by atoms with Crippen molar-refractivity contribution in [2.45, 2.75) is 32.7 Å². The van der Waals surface area contributed by atoms with Gasteiger partial charge < -0.3 is 5.73 Å². The maximum Gasteiger partial charge on any atom is 0.137 e. The summed E-state index contributed by atoms with van der Waals surface area (Å²) in [6, 6.07) is 8.30. The van der Waals surface area contributed by atoms with Gasteiger partial charge in [-0.2, -0.15) is 5.10 Å². The van der Waals surface area contributed by atoms with E-state index in [-0.39, 0.29) is 6.04 Å². The van der Waals surface area contributed by atoms with E-state index >= 15 is 0 Å². The molecule has 2 N–H and O–H groups in total. The van der Waals surface area contributed by atoms with E-state index < -0.39 is 0 Å². The van der Waals surface area contributed by atoms with Crippen molar-refractivity contribution in [2.24, 2.45) is 5.92 Å². The van der Waals surface area contributed by atoms with Crippen molar-refractivity contribution in [3.8, 4) is 0 Å². The zero-order chi connectivity index (χ0) is 13.0. The fourth-order valence-electron chi connectivity index (χ4n) is 2.43. The highest BCUT2D eigenvalue weighted by atomic mass is 15.3. The average Bonchev–Trinajstić information content (AvgIpc) is 2.91. The monoisotopic (exact) mass is 244 g/mol. The second kappa shape index (κ2) is 5.67. The number of anilines is 1. The van der Waals surface area contributed by atoms with E-state index in [0.29, 0.717) is 5.92 Å². The molecule has 1 unspecified atom stereocenters. The Morgan fingerprint density at radius 1 is 1.17 bits per heavy atom. The summed E-state index contributed by atoms with van der Waals surface area (Å²) in [6.07, 6.45) is 5.61. The van der Waals surface area contributed by atoms with Gasteiger partial charge in [-0.05, 0) is 23.6 Å². The highest BCUT2D eigenvalue weighted by Crippen LogP contribution is 2.30. The van der Waals surface area contributed by atoms with E-state index in [1.54, 1.807) is 12.7 Å². The zero-order valence-corrected chi connectivity index (χ0v) is 11.0. The summed E-state index contributed by atoms with van der Waals surface area (Å²) in [7, 11) is 0. The first kappa shape index (κ1) is 12.6. The van der Waals surface area contributed by atoms with E-state index in [4.69, 9.17) is 5.73 Å². The number of nitrogens with zero attached hydrogens (tertiary/aromatic N) is 3. The number of aromatic nitrogens is 3. The summed E-state index contributed by atoms with van der Waals surface area (Å²) < 4.78 is 1.95. The molecule has 2 aromatic rings. The lowest BCUT2D eigenvalue weighted by Gasteiger charge is -2.25. The number of nitrogen functional groups attached to an aromatic ring is 1. The topological polar surface area (TPSA) is 56.7 Å². The lowest BCUT2D eigenvalue weighted by Crippen LogP contribution is -2.20. The lowest BCUT2D eigenvalue weighted by atomic mass is 9.89. The van der Waals surface area contributed by atoms with Crippen molar-refractivity contribution in [1.29, 1.82) is 0 Å². The molecule has 0 bridgehead atoms. The van der Waals surface area contributed by atoms with Crippen LogP contribution in [0.15, 0.2) is 36.9 Å². The Morgan fingerprint density at radius 2 is 1.83 bits per heavy atom. The highest BCUT2D eigenvalue weighted by Gasteiger charge is 2.22. The first-order valence-electron chi connectivity index (χ1n) is 6.45. The molecule has 1 atom stereocenters. The largest absolute Gasteiger partial charge is 0.399 e. The molecule has 4 heteroatoms. The van der Waals surface area contributed by atoms with Gasteiger partial charge in [0.25, 0.3) is 0 Å². The Bertz CT molecular complexity index is 457. The minimum Gasteiger partial charge on any atom is -0.399 e. The highest BCUT2D eigenvalue weighted by molar-refractivity contribution is 5.40. The quantitative estimate of drug-likeness (QED) is 0.823. The summed E-state index contributed by atoms with van der Waals surface area (Å²) in [5.41, 5.74) is 7.78. The van der Waals surface area contributed by atoms with Gasteiger partial charge in [-0.3, -0.25) is 0 Å². The maximum atomic E-state index is 5.75. The van der Waals surface area contributed by atoms with Crippen LogP contribution >= 0.6 is 0 Å². The van der Waals surface area contributed by atoms with Gasteiger partial charge in [-0.15, -0.1) is 0 Å². The first-order valence-corrected chi connectivity index (χ1v) is 6.45. The Kier molecular flexibility index (Phi) is 3.97. The van der Waals surface area contributed by atoms with Gasteiger partial charge in [0.1, 0.15) is 12.7 Å². The third-order valence-electron chi connectivity index (χ3n) is 3.49. The lowest BCUT2D eigenvalue weighted by molar-refractivity contribution is 0.332. The molecule has 2 rings (SSSR count). The van der Waals surface area contributed by atoms with Gasteiger partial charge in [0.05, 0.1) is 6.04 Å². The molecule has 0 aliphatic carbocycles. The summed E-state index contributed by atoms with van der Waals surface area (Å²) in [4.78, 5) is 4.06. The Morgan fingerprint density at radius 3 is 2.33 bits per heavy atom. The van der Waals surface area contributed by atoms with E-state index in [1.165, 1.54) is 5.56 Å². The number of rotatable bonds is 5. The molecule has 0 spiro atoms. The standard InChI is InChI=1S/C14H20N4/c1-3-11(4-2)14(18-10-16-9-17-18)12-5-7-13(15)8-6-12/h5-11,14H,3-4,15H2,1-2H3. The third-order valence-corrected chi connectivity index (χ3v) is 3.49. The number of nitrogens with two attached hydrogens (primary N) is 1. The van der Waals surface area contributed by atoms with E-state index in [9.17, 15) is 0 Å². The van der Waals surface area contributed by atoms with Crippen LogP contribution < -0.4 is 5.73 Å². The molecule has 18 heavy (non-hydrogen) atoms. The Balaban J connectivity index is 2.38. The summed E-state index contributed by atoms with van der Waals surface area (Å²) in [5, 5.41) is 4.31. The van der Waals surface area contributed by atoms with Gasteiger partial charge in [-0.25, -0.2) is 9.67 Å².